The SMILES string of the molecule is CCc1cc2cnc(CN3CC[C@@H](Oc4ccc(C(=O)NC)nc4F)C3)cc2[nH]c1=O. The van der Waals surface area contributed by atoms with Gasteiger partial charge in [0.25, 0.3) is 17.4 Å². The molecule has 1 amide bonds. The van der Waals surface area contributed by atoms with Gasteiger partial charge in [-0.3, -0.25) is 19.5 Å². The fourth-order valence-corrected chi connectivity index (χ4v) is 3.75. The molecular formula is C22H24FN5O3. The number of carbonyl (C=O) groups excluding carboxylic acids is 1. The van der Waals surface area contributed by atoms with Crippen molar-refractivity contribution in [3.63, 3.8) is 0 Å². The van der Waals surface area contributed by atoms with Crippen LogP contribution in [0.25, 0.3) is 10.9 Å². The summed E-state index contributed by atoms with van der Waals surface area (Å²) < 4.78 is 20.0. The Hall–Kier alpha value is -3.33. The van der Waals surface area contributed by atoms with Gasteiger partial charge in [-0.15, -0.1) is 0 Å². The van der Waals surface area contributed by atoms with Gasteiger partial charge in [-0.1, -0.05) is 6.92 Å². The van der Waals surface area contributed by atoms with E-state index in [0.29, 0.717) is 19.5 Å². The van der Waals surface area contributed by atoms with Crippen molar-refractivity contribution in [3.8, 4) is 5.75 Å². The molecular weight excluding hydrogens is 401 g/mol. The van der Waals surface area contributed by atoms with Crippen LogP contribution >= 0.6 is 0 Å². The molecule has 3 aromatic heterocycles. The number of fused-ring (bicyclic) bond motifs is 1. The van der Waals surface area contributed by atoms with Crippen LogP contribution < -0.4 is 15.6 Å². The summed E-state index contributed by atoms with van der Waals surface area (Å²) in [6.07, 6.45) is 3.00. The summed E-state index contributed by atoms with van der Waals surface area (Å²) in [5.74, 6) is -1.22. The van der Waals surface area contributed by atoms with E-state index in [0.717, 1.165) is 35.1 Å². The minimum Gasteiger partial charge on any atom is -0.484 e. The van der Waals surface area contributed by atoms with Gasteiger partial charge < -0.3 is 15.0 Å². The van der Waals surface area contributed by atoms with E-state index < -0.39 is 11.9 Å². The van der Waals surface area contributed by atoms with Crippen molar-refractivity contribution in [2.45, 2.75) is 32.4 Å². The lowest BCUT2D eigenvalue weighted by Gasteiger charge is -2.17. The lowest BCUT2D eigenvalue weighted by atomic mass is 10.1. The second-order valence-corrected chi connectivity index (χ2v) is 7.57. The number of pyridine rings is 3. The summed E-state index contributed by atoms with van der Waals surface area (Å²) in [6, 6.07) is 6.64. The van der Waals surface area contributed by atoms with Crippen LogP contribution in [0, 0.1) is 5.95 Å². The van der Waals surface area contributed by atoms with Crippen molar-refractivity contribution < 1.29 is 13.9 Å². The van der Waals surface area contributed by atoms with Crippen LogP contribution in [0.1, 0.15) is 35.1 Å². The zero-order chi connectivity index (χ0) is 22.0. The molecule has 1 aliphatic heterocycles. The topological polar surface area (TPSA) is 100 Å². The van der Waals surface area contributed by atoms with Crippen molar-refractivity contribution in [1.82, 2.24) is 25.2 Å². The average Bonchev–Trinajstić information content (AvgIpc) is 3.20. The highest BCUT2D eigenvalue weighted by molar-refractivity contribution is 5.92. The maximum absolute atomic E-state index is 14.2. The van der Waals surface area contributed by atoms with Gasteiger partial charge in [-0.2, -0.15) is 4.39 Å². The second-order valence-electron chi connectivity index (χ2n) is 7.57. The molecule has 1 atom stereocenters. The zero-order valence-corrected chi connectivity index (χ0v) is 17.4. The molecule has 0 radical (unpaired) electrons. The van der Waals surface area contributed by atoms with E-state index >= 15 is 0 Å². The first-order valence-electron chi connectivity index (χ1n) is 10.2. The Morgan fingerprint density at radius 2 is 2.23 bits per heavy atom. The summed E-state index contributed by atoms with van der Waals surface area (Å²) in [5.41, 5.74) is 2.29. The molecule has 9 heteroatoms. The van der Waals surface area contributed by atoms with Crippen LogP contribution in [0.2, 0.25) is 0 Å². The smallest absolute Gasteiger partial charge is 0.269 e. The Balaban J connectivity index is 1.40. The van der Waals surface area contributed by atoms with Gasteiger partial charge in [-0.05, 0) is 37.1 Å². The molecule has 0 aliphatic carbocycles. The number of carbonyl (C=O) groups is 1. The Morgan fingerprint density at radius 3 is 2.97 bits per heavy atom. The van der Waals surface area contributed by atoms with Crippen LogP contribution in [0.15, 0.2) is 35.3 Å². The Kier molecular flexibility index (Phi) is 5.94. The highest BCUT2D eigenvalue weighted by Gasteiger charge is 2.26. The molecule has 0 saturated carbocycles. The average molecular weight is 425 g/mol. The monoisotopic (exact) mass is 425 g/mol. The molecule has 4 rings (SSSR count). The summed E-state index contributed by atoms with van der Waals surface area (Å²) >= 11 is 0. The molecule has 0 aromatic carbocycles. The number of rotatable bonds is 6. The Labute approximate surface area is 178 Å². The first-order valence-corrected chi connectivity index (χ1v) is 10.2. The Morgan fingerprint density at radius 1 is 1.39 bits per heavy atom. The lowest BCUT2D eigenvalue weighted by molar-refractivity contribution is 0.0956. The zero-order valence-electron chi connectivity index (χ0n) is 17.4. The first kappa shape index (κ1) is 20.9. The number of nitrogens with zero attached hydrogens (tertiary/aromatic N) is 3. The van der Waals surface area contributed by atoms with Crippen molar-refractivity contribution in [2.24, 2.45) is 0 Å². The van der Waals surface area contributed by atoms with E-state index in [1.807, 2.05) is 19.1 Å². The van der Waals surface area contributed by atoms with Crippen molar-refractivity contribution in [2.75, 3.05) is 20.1 Å². The van der Waals surface area contributed by atoms with E-state index in [-0.39, 0.29) is 23.1 Å². The highest BCUT2D eigenvalue weighted by Crippen LogP contribution is 2.22. The summed E-state index contributed by atoms with van der Waals surface area (Å²) in [4.78, 5) is 36.9. The third kappa shape index (κ3) is 4.56. The number of aryl methyl sites for hydroxylation is 1. The molecule has 4 heterocycles. The number of ether oxygens (including phenoxy) is 1. The highest BCUT2D eigenvalue weighted by atomic mass is 19.1. The molecule has 1 saturated heterocycles. The fourth-order valence-electron chi connectivity index (χ4n) is 3.75. The molecule has 1 fully saturated rings. The fraction of sp³-hybridized carbons (Fsp3) is 0.364. The quantitative estimate of drug-likeness (QED) is 0.586. The van der Waals surface area contributed by atoms with Crippen LogP contribution in [0.4, 0.5) is 4.39 Å². The van der Waals surface area contributed by atoms with E-state index in [1.54, 1.807) is 6.20 Å². The van der Waals surface area contributed by atoms with Gasteiger partial charge in [0.2, 0.25) is 0 Å². The predicted octanol–water partition coefficient (Wildman–Crippen LogP) is 2.03. The normalized spacial score (nSPS) is 16.5. The molecule has 3 aromatic rings. The van der Waals surface area contributed by atoms with Gasteiger partial charge >= 0.3 is 0 Å². The lowest BCUT2D eigenvalue weighted by Crippen LogP contribution is -2.25. The van der Waals surface area contributed by atoms with E-state index in [2.05, 4.69) is 25.2 Å². The Bertz CT molecular complexity index is 1180. The molecule has 0 spiro atoms. The van der Waals surface area contributed by atoms with E-state index in [9.17, 15) is 14.0 Å². The number of amides is 1. The number of nitrogens with one attached hydrogen (secondary N) is 2. The molecule has 8 nitrogen and oxygen atoms in total. The van der Waals surface area contributed by atoms with Crippen LogP contribution in [-0.2, 0) is 13.0 Å². The third-order valence-corrected chi connectivity index (χ3v) is 5.42. The maximum atomic E-state index is 14.2. The summed E-state index contributed by atoms with van der Waals surface area (Å²) in [5, 5.41) is 3.32. The van der Waals surface area contributed by atoms with Crippen molar-refractivity contribution in [1.29, 1.82) is 0 Å². The number of aromatic amines is 1. The molecule has 1 aliphatic rings. The van der Waals surface area contributed by atoms with Gasteiger partial charge in [0, 0.05) is 43.8 Å². The van der Waals surface area contributed by atoms with Gasteiger partial charge in [-0.25, -0.2) is 4.98 Å². The third-order valence-electron chi connectivity index (χ3n) is 5.42. The van der Waals surface area contributed by atoms with Crippen LogP contribution in [0.5, 0.6) is 5.75 Å². The van der Waals surface area contributed by atoms with Gasteiger partial charge in [0.15, 0.2) is 5.75 Å². The number of hydrogen-bond donors (Lipinski definition) is 2. The standard InChI is InChI=1S/C22H24FN5O3/c1-3-13-8-14-10-25-15(9-18(14)27-21(13)29)11-28-7-6-16(12-28)31-19-5-4-17(22(30)24-2)26-20(19)23/h4-5,8-10,16H,3,6-7,11-12H2,1-2H3,(H,24,30)(H,27,29)/t16-/m1/s1. The van der Waals surface area contributed by atoms with Gasteiger partial charge in [0.1, 0.15) is 11.8 Å². The largest absolute Gasteiger partial charge is 0.484 e. The maximum Gasteiger partial charge on any atom is 0.269 e. The van der Waals surface area contributed by atoms with Crippen LogP contribution in [-0.4, -0.2) is 52.0 Å². The number of likely N-dealkylation sites (tertiary alicyclic amines) is 1. The number of halogens is 1. The van der Waals surface area contributed by atoms with Gasteiger partial charge in [0.05, 0.1) is 11.2 Å². The second kappa shape index (κ2) is 8.81. The minimum absolute atomic E-state index is 0.00637. The predicted molar refractivity (Wildman–Crippen MR) is 114 cm³/mol. The van der Waals surface area contributed by atoms with Crippen molar-refractivity contribution >= 4 is 16.8 Å². The minimum atomic E-state index is -0.800. The van der Waals surface area contributed by atoms with E-state index in [4.69, 9.17) is 4.74 Å². The first-order chi connectivity index (χ1) is 15.0. The molecule has 162 valence electrons. The van der Waals surface area contributed by atoms with Crippen molar-refractivity contribution in [3.05, 3.63) is 63.7 Å². The molecule has 0 unspecified atom stereocenters. The number of H-pyrrole nitrogens is 1. The summed E-state index contributed by atoms with van der Waals surface area (Å²) in [7, 11) is 1.46. The van der Waals surface area contributed by atoms with Crippen LogP contribution in [0.3, 0.4) is 0 Å². The molecule has 0 bridgehead atoms. The number of aromatic nitrogens is 3. The molecule has 31 heavy (non-hydrogen) atoms. The number of hydrogen-bond acceptors (Lipinski definition) is 6. The molecule has 2 N–H and O–H groups in total. The van der Waals surface area contributed by atoms with E-state index in [1.165, 1.54) is 19.2 Å². The summed E-state index contributed by atoms with van der Waals surface area (Å²) in [6.45, 7) is 3.94.